The van der Waals surface area contributed by atoms with E-state index < -0.39 is 0 Å². The molecule has 0 saturated carbocycles. The van der Waals surface area contributed by atoms with Gasteiger partial charge in [-0.05, 0) is 18.2 Å². The third-order valence-electron chi connectivity index (χ3n) is 2.73. The Balaban J connectivity index is 2.29. The first-order chi connectivity index (χ1) is 9.65. The van der Waals surface area contributed by atoms with Crippen molar-refractivity contribution in [3.63, 3.8) is 0 Å². The topological polar surface area (TPSA) is 35.5 Å². The molecule has 0 N–H and O–H groups in total. The monoisotopic (exact) mass is 338 g/mol. The van der Waals surface area contributed by atoms with Crippen molar-refractivity contribution < 1.29 is 18.7 Å². The molecule has 0 bridgehead atoms. The van der Waals surface area contributed by atoms with E-state index in [1.54, 1.807) is 30.3 Å². The van der Waals surface area contributed by atoms with E-state index in [0.29, 0.717) is 33.4 Å². The van der Waals surface area contributed by atoms with Gasteiger partial charge in [0.2, 0.25) is 0 Å². The fourth-order valence-corrected chi connectivity index (χ4v) is 2.20. The summed E-state index contributed by atoms with van der Waals surface area (Å²) in [5.41, 5.74) is 0.752. The van der Waals surface area contributed by atoms with Crippen molar-refractivity contribution in [3.8, 4) is 11.5 Å². The summed E-state index contributed by atoms with van der Waals surface area (Å²) in [5.74, 6) is 0.364. The zero-order valence-electron chi connectivity index (χ0n) is 10.7. The molecule has 20 heavy (non-hydrogen) atoms. The second kappa shape index (κ2) is 6.52. The van der Waals surface area contributed by atoms with E-state index in [1.807, 2.05) is 0 Å². The fraction of sp³-hybridized carbons (Fsp3) is 0.133. The maximum Gasteiger partial charge on any atom is 0.172 e. The number of hydrogen-bond donors (Lipinski definition) is 0. The molecule has 3 nitrogen and oxygen atoms in total. The summed E-state index contributed by atoms with van der Waals surface area (Å²) in [6.07, 6.45) is 0.671. The van der Waals surface area contributed by atoms with Crippen molar-refractivity contribution in [1.82, 2.24) is 0 Å². The number of carbonyl (C=O) groups is 1. The molecule has 0 spiro atoms. The van der Waals surface area contributed by atoms with Gasteiger partial charge in [-0.1, -0.05) is 34.1 Å². The van der Waals surface area contributed by atoms with Crippen molar-refractivity contribution in [2.75, 3.05) is 7.11 Å². The maximum atomic E-state index is 13.5. The quantitative estimate of drug-likeness (QED) is 0.773. The number of carbonyl (C=O) groups excluding carboxylic acids is 1. The lowest BCUT2D eigenvalue weighted by molar-refractivity contribution is 0.111. The van der Waals surface area contributed by atoms with Crippen LogP contribution in [0, 0.1) is 5.82 Å². The lowest BCUT2D eigenvalue weighted by Crippen LogP contribution is -2.02. The lowest BCUT2D eigenvalue weighted by Gasteiger charge is -2.13. The van der Waals surface area contributed by atoms with Crippen molar-refractivity contribution in [2.24, 2.45) is 0 Å². The second-order valence-electron chi connectivity index (χ2n) is 4.02. The van der Waals surface area contributed by atoms with Crippen LogP contribution in [-0.2, 0) is 6.61 Å². The summed E-state index contributed by atoms with van der Waals surface area (Å²) in [6, 6.07) is 9.62. The van der Waals surface area contributed by atoms with Crippen LogP contribution >= 0.6 is 15.9 Å². The first-order valence-electron chi connectivity index (χ1n) is 5.84. The van der Waals surface area contributed by atoms with Gasteiger partial charge in [-0.3, -0.25) is 4.79 Å². The molecule has 0 amide bonds. The normalized spacial score (nSPS) is 10.2. The minimum atomic E-state index is -0.351. The molecule has 2 aromatic carbocycles. The second-order valence-corrected chi connectivity index (χ2v) is 4.94. The number of halogens is 2. The SMILES string of the molecule is COc1cc(Br)cc(C=O)c1OCc1ccccc1F. The van der Waals surface area contributed by atoms with E-state index in [4.69, 9.17) is 9.47 Å². The molecule has 2 aromatic rings. The van der Waals surface area contributed by atoms with Crippen LogP contribution in [-0.4, -0.2) is 13.4 Å². The molecular weight excluding hydrogens is 327 g/mol. The van der Waals surface area contributed by atoms with Crippen molar-refractivity contribution in [1.29, 1.82) is 0 Å². The number of rotatable bonds is 5. The van der Waals surface area contributed by atoms with Gasteiger partial charge < -0.3 is 9.47 Å². The van der Waals surface area contributed by atoms with Gasteiger partial charge in [0, 0.05) is 10.0 Å². The minimum Gasteiger partial charge on any atom is -0.493 e. The summed E-state index contributed by atoms with van der Waals surface area (Å²) < 4.78 is 25.0. The zero-order chi connectivity index (χ0) is 14.5. The van der Waals surface area contributed by atoms with Crippen LogP contribution < -0.4 is 9.47 Å². The Bertz CT molecular complexity index is 629. The van der Waals surface area contributed by atoms with E-state index in [1.165, 1.54) is 13.2 Å². The zero-order valence-corrected chi connectivity index (χ0v) is 12.3. The highest BCUT2D eigenvalue weighted by Crippen LogP contribution is 2.34. The Labute approximate surface area is 124 Å². The van der Waals surface area contributed by atoms with Crippen LogP contribution in [0.15, 0.2) is 40.9 Å². The molecule has 0 heterocycles. The molecule has 2 rings (SSSR count). The Morgan fingerprint density at radius 3 is 2.70 bits per heavy atom. The van der Waals surface area contributed by atoms with E-state index in [9.17, 15) is 9.18 Å². The minimum absolute atomic E-state index is 0.0194. The van der Waals surface area contributed by atoms with E-state index in [0.717, 1.165) is 0 Å². The van der Waals surface area contributed by atoms with Gasteiger partial charge in [-0.2, -0.15) is 0 Å². The highest BCUT2D eigenvalue weighted by Gasteiger charge is 2.13. The van der Waals surface area contributed by atoms with Crippen LogP contribution in [0.2, 0.25) is 0 Å². The molecule has 0 radical (unpaired) electrons. The van der Waals surface area contributed by atoms with E-state index in [2.05, 4.69) is 15.9 Å². The molecule has 0 unspecified atom stereocenters. The highest BCUT2D eigenvalue weighted by atomic mass is 79.9. The third-order valence-corrected chi connectivity index (χ3v) is 3.18. The van der Waals surface area contributed by atoms with Crippen LogP contribution in [0.25, 0.3) is 0 Å². The smallest absolute Gasteiger partial charge is 0.172 e. The van der Waals surface area contributed by atoms with E-state index >= 15 is 0 Å². The highest BCUT2D eigenvalue weighted by molar-refractivity contribution is 9.10. The standard InChI is InChI=1S/C15H12BrFO3/c1-19-14-7-12(16)6-11(8-18)15(14)20-9-10-4-2-3-5-13(10)17/h2-8H,9H2,1H3. The molecule has 104 valence electrons. The summed E-state index contributed by atoms with van der Waals surface area (Å²) in [6.45, 7) is 0.0194. The molecule has 0 aromatic heterocycles. The molecule has 0 saturated heterocycles. The number of aldehydes is 1. The van der Waals surface area contributed by atoms with Crippen LogP contribution in [0.4, 0.5) is 4.39 Å². The molecule has 0 aliphatic carbocycles. The number of ether oxygens (including phenoxy) is 2. The molecule has 0 atom stereocenters. The Morgan fingerprint density at radius 1 is 1.30 bits per heavy atom. The van der Waals surface area contributed by atoms with Gasteiger partial charge in [0.25, 0.3) is 0 Å². The lowest BCUT2D eigenvalue weighted by atomic mass is 10.2. The molecule has 0 fully saturated rings. The Hall–Kier alpha value is -1.88. The van der Waals surface area contributed by atoms with Crippen LogP contribution in [0.1, 0.15) is 15.9 Å². The first-order valence-corrected chi connectivity index (χ1v) is 6.64. The third kappa shape index (κ3) is 3.17. The number of hydrogen-bond acceptors (Lipinski definition) is 3. The largest absolute Gasteiger partial charge is 0.493 e. The predicted octanol–water partition coefficient (Wildman–Crippen LogP) is 3.99. The molecule has 5 heteroatoms. The van der Waals surface area contributed by atoms with Crippen molar-refractivity contribution in [3.05, 3.63) is 57.8 Å². The summed E-state index contributed by atoms with van der Waals surface area (Å²) >= 11 is 3.28. The van der Waals surface area contributed by atoms with Crippen LogP contribution in [0.5, 0.6) is 11.5 Å². The van der Waals surface area contributed by atoms with Gasteiger partial charge in [0.15, 0.2) is 17.8 Å². The van der Waals surface area contributed by atoms with Gasteiger partial charge in [0.05, 0.1) is 12.7 Å². The molecule has 0 aliphatic rings. The first kappa shape index (κ1) is 14.5. The fourth-order valence-electron chi connectivity index (χ4n) is 1.75. The van der Waals surface area contributed by atoms with Crippen molar-refractivity contribution >= 4 is 22.2 Å². The van der Waals surface area contributed by atoms with Gasteiger partial charge >= 0.3 is 0 Å². The Morgan fingerprint density at radius 2 is 2.05 bits per heavy atom. The van der Waals surface area contributed by atoms with Gasteiger partial charge in [-0.25, -0.2) is 4.39 Å². The number of methoxy groups -OCH3 is 1. The predicted molar refractivity (Wildman–Crippen MR) is 76.8 cm³/mol. The van der Waals surface area contributed by atoms with Gasteiger partial charge in [-0.15, -0.1) is 0 Å². The summed E-state index contributed by atoms with van der Waals surface area (Å²) in [5, 5.41) is 0. The molecule has 0 aliphatic heterocycles. The van der Waals surface area contributed by atoms with Crippen LogP contribution in [0.3, 0.4) is 0 Å². The average molecular weight is 339 g/mol. The van der Waals surface area contributed by atoms with E-state index in [-0.39, 0.29) is 12.4 Å². The number of benzene rings is 2. The Kier molecular flexibility index (Phi) is 4.74. The van der Waals surface area contributed by atoms with Crippen molar-refractivity contribution in [2.45, 2.75) is 6.61 Å². The van der Waals surface area contributed by atoms with Gasteiger partial charge in [0.1, 0.15) is 12.4 Å². The average Bonchev–Trinajstić information content (AvgIpc) is 2.46. The summed E-state index contributed by atoms with van der Waals surface area (Å²) in [4.78, 5) is 11.1. The molecular formula is C15H12BrFO3. The summed E-state index contributed by atoms with van der Waals surface area (Å²) in [7, 11) is 1.48. The maximum absolute atomic E-state index is 13.5.